The van der Waals surface area contributed by atoms with Gasteiger partial charge in [0.15, 0.2) is 0 Å². The fourth-order valence-electron chi connectivity index (χ4n) is 2.34. The Morgan fingerprint density at radius 3 is 2.89 bits per heavy atom. The third-order valence-corrected chi connectivity index (χ3v) is 3.65. The van der Waals surface area contributed by atoms with Crippen LogP contribution in [0.3, 0.4) is 0 Å². The van der Waals surface area contributed by atoms with Gasteiger partial charge in [-0.25, -0.2) is 0 Å². The summed E-state index contributed by atoms with van der Waals surface area (Å²) in [6.07, 6.45) is 1.19. The van der Waals surface area contributed by atoms with Gasteiger partial charge in [0, 0.05) is 24.6 Å². The van der Waals surface area contributed by atoms with Crippen molar-refractivity contribution in [2.24, 2.45) is 0 Å². The van der Waals surface area contributed by atoms with E-state index in [0.717, 1.165) is 24.3 Å². The van der Waals surface area contributed by atoms with E-state index in [2.05, 4.69) is 12.2 Å². The number of nitrogens with one attached hydrogen (secondary N) is 1. The quantitative estimate of drug-likeness (QED) is 0.892. The summed E-state index contributed by atoms with van der Waals surface area (Å²) in [5.74, 6) is 0.851. The molecule has 1 fully saturated rings. The molecular weight excluding hydrogens is 250 g/mol. The summed E-state index contributed by atoms with van der Waals surface area (Å²) < 4.78 is 11.5. The van der Waals surface area contributed by atoms with Crippen LogP contribution in [0.4, 0.5) is 0 Å². The van der Waals surface area contributed by atoms with Crippen molar-refractivity contribution in [1.29, 1.82) is 0 Å². The van der Waals surface area contributed by atoms with Gasteiger partial charge in [0.2, 0.25) is 0 Å². The van der Waals surface area contributed by atoms with Crippen LogP contribution in [0.1, 0.15) is 18.9 Å². The number of hydrogen-bond donors (Lipinski definition) is 1. The van der Waals surface area contributed by atoms with Gasteiger partial charge >= 0.3 is 0 Å². The Hall–Kier alpha value is -0.770. The number of likely N-dealkylation sites (N-methyl/N-ethyl adjacent to an activating group) is 1. The molecule has 100 valence electrons. The molecule has 0 aromatic heterocycles. The largest absolute Gasteiger partial charge is 0.487 e. The van der Waals surface area contributed by atoms with Crippen LogP contribution in [0.5, 0.6) is 5.75 Å². The zero-order valence-corrected chi connectivity index (χ0v) is 11.8. The average Bonchev–Trinajstić information content (AvgIpc) is 2.32. The fourth-order valence-corrected chi connectivity index (χ4v) is 2.50. The van der Waals surface area contributed by atoms with Crippen LogP contribution in [-0.2, 0) is 4.74 Å². The molecule has 0 heterocycles. The van der Waals surface area contributed by atoms with E-state index in [0.29, 0.717) is 11.1 Å². The van der Waals surface area contributed by atoms with Gasteiger partial charge in [0.05, 0.1) is 0 Å². The van der Waals surface area contributed by atoms with Crippen molar-refractivity contribution in [3.63, 3.8) is 0 Å². The van der Waals surface area contributed by atoms with Crippen LogP contribution in [0.15, 0.2) is 18.2 Å². The standard InChI is InChI=1S/C14H20ClNO2/c1-4-16-11-8-13(14(11)17-3)18-12-7-10(15)6-5-9(12)2/h5-7,11,13-14,16H,4,8H2,1-3H3. The minimum Gasteiger partial charge on any atom is -0.487 e. The topological polar surface area (TPSA) is 30.5 Å². The summed E-state index contributed by atoms with van der Waals surface area (Å²) in [4.78, 5) is 0. The van der Waals surface area contributed by atoms with Gasteiger partial charge in [-0.05, 0) is 31.2 Å². The number of aryl methyl sites for hydroxylation is 1. The normalized spacial score (nSPS) is 26.8. The lowest BCUT2D eigenvalue weighted by molar-refractivity contribution is -0.0885. The summed E-state index contributed by atoms with van der Waals surface area (Å²) >= 11 is 5.99. The van der Waals surface area contributed by atoms with Crippen molar-refractivity contribution in [3.05, 3.63) is 28.8 Å². The van der Waals surface area contributed by atoms with Gasteiger partial charge in [-0.15, -0.1) is 0 Å². The SMILES string of the molecule is CCNC1CC(Oc2cc(Cl)ccc2C)C1OC. The highest BCUT2D eigenvalue weighted by Gasteiger charge is 2.42. The van der Waals surface area contributed by atoms with E-state index in [9.17, 15) is 0 Å². The zero-order valence-electron chi connectivity index (χ0n) is 11.1. The Morgan fingerprint density at radius 1 is 1.44 bits per heavy atom. The first-order valence-corrected chi connectivity index (χ1v) is 6.72. The van der Waals surface area contributed by atoms with E-state index in [1.54, 1.807) is 7.11 Å². The van der Waals surface area contributed by atoms with Crippen molar-refractivity contribution in [1.82, 2.24) is 5.32 Å². The Bertz CT molecular complexity index is 411. The molecule has 0 saturated heterocycles. The molecule has 0 bridgehead atoms. The van der Waals surface area contributed by atoms with Crippen LogP contribution in [0, 0.1) is 6.92 Å². The molecule has 2 rings (SSSR count). The monoisotopic (exact) mass is 269 g/mol. The van der Waals surface area contributed by atoms with E-state index in [4.69, 9.17) is 21.1 Å². The van der Waals surface area contributed by atoms with Crippen molar-refractivity contribution < 1.29 is 9.47 Å². The molecular formula is C14H20ClNO2. The smallest absolute Gasteiger partial charge is 0.128 e. The van der Waals surface area contributed by atoms with E-state index in [-0.39, 0.29) is 12.2 Å². The van der Waals surface area contributed by atoms with Crippen molar-refractivity contribution in [3.8, 4) is 5.75 Å². The maximum atomic E-state index is 5.99. The minimum atomic E-state index is 0.108. The van der Waals surface area contributed by atoms with Gasteiger partial charge < -0.3 is 14.8 Å². The second-order valence-electron chi connectivity index (χ2n) is 4.67. The van der Waals surface area contributed by atoms with E-state index in [1.807, 2.05) is 25.1 Å². The number of ether oxygens (including phenoxy) is 2. The summed E-state index contributed by atoms with van der Waals surface area (Å²) in [5.41, 5.74) is 1.10. The van der Waals surface area contributed by atoms with Crippen LogP contribution >= 0.6 is 11.6 Å². The maximum absolute atomic E-state index is 5.99. The number of methoxy groups -OCH3 is 1. The first kappa shape index (κ1) is 13.7. The van der Waals surface area contributed by atoms with Gasteiger partial charge in [-0.3, -0.25) is 0 Å². The third kappa shape index (κ3) is 2.79. The molecule has 4 heteroatoms. The lowest BCUT2D eigenvalue weighted by Gasteiger charge is -2.43. The molecule has 18 heavy (non-hydrogen) atoms. The highest BCUT2D eigenvalue weighted by Crippen LogP contribution is 2.31. The van der Waals surface area contributed by atoms with Gasteiger partial charge in [0.25, 0.3) is 0 Å². The lowest BCUT2D eigenvalue weighted by Crippen LogP contribution is -2.60. The average molecular weight is 270 g/mol. The number of hydrogen-bond acceptors (Lipinski definition) is 3. The fraction of sp³-hybridized carbons (Fsp3) is 0.571. The van der Waals surface area contributed by atoms with Gasteiger partial charge in [-0.1, -0.05) is 24.6 Å². The van der Waals surface area contributed by atoms with Crippen molar-refractivity contribution in [2.75, 3.05) is 13.7 Å². The Balaban J connectivity index is 2.00. The molecule has 1 aliphatic rings. The second kappa shape index (κ2) is 5.91. The molecule has 3 nitrogen and oxygen atoms in total. The number of rotatable bonds is 5. The molecule has 1 aliphatic carbocycles. The Labute approximate surface area is 113 Å². The summed E-state index contributed by atoms with van der Waals surface area (Å²) in [6, 6.07) is 6.11. The number of benzene rings is 1. The third-order valence-electron chi connectivity index (χ3n) is 3.42. The first-order chi connectivity index (χ1) is 8.65. The highest BCUT2D eigenvalue weighted by molar-refractivity contribution is 6.30. The molecule has 0 aliphatic heterocycles. The first-order valence-electron chi connectivity index (χ1n) is 6.34. The number of halogens is 1. The Morgan fingerprint density at radius 2 is 2.22 bits per heavy atom. The second-order valence-corrected chi connectivity index (χ2v) is 5.10. The summed E-state index contributed by atoms with van der Waals surface area (Å²) in [6.45, 7) is 5.07. The molecule has 3 unspecified atom stereocenters. The van der Waals surface area contributed by atoms with E-state index >= 15 is 0 Å². The molecule has 0 radical (unpaired) electrons. The molecule has 0 amide bonds. The van der Waals surface area contributed by atoms with Crippen LogP contribution in [-0.4, -0.2) is 31.9 Å². The highest BCUT2D eigenvalue weighted by atomic mass is 35.5. The van der Waals surface area contributed by atoms with Crippen molar-refractivity contribution >= 4 is 11.6 Å². The summed E-state index contributed by atoms with van der Waals surface area (Å²) in [5, 5.41) is 4.09. The summed E-state index contributed by atoms with van der Waals surface area (Å²) in [7, 11) is 1.73. The molecule has 3 atom stereocenters. The van der Waals surface area contributed by atoms with Gasteiger partial charge in [0.1, 0.15) is 18.0 Å². The molecule has 1 aromatic rings. The molecule has 1 aromatic carbocycles. The van der Waals surface area contributed by atoms with Crippen LogP contribution in [0.2, 0.25) is 5.02 Å². The van der Waals surface area contributed by atoms with Gasteiger partial charge in [-0.2, -0.15) is 0 Å². The lowest BCUT2D eigenvalue weighted by atomic mass is 9.85. The molecule has 1 saturated carbocycles. The Kier molecular flexibility index (Phi) is 4.49. The predicted molar refractivity (Wildman–Crippen MR) is 73.5 cm³/mol. The van der Waals surface area contributed by atoms with Crippen molar-refractivity contribution in [2.45, 2.75) is 38.5 Å². The zero-order chi connectivity index (χ0) is 13.1. The van der Waals surface area contributed by atoms with Crippen LogP contribution in [0.25, 0.3) is 0 Å². The minimum absolute atomic E-state index is 0.108. The van der Waals surface area contributed by atoms with E-state index in [1.165, 1.54) is 0 Å². The molecule has 0 spiro atoms. The maximum Gasteiger partial charge on any atom is 0.128 e. The predicted octanol–water partition coefficient (Wildman–Crippen LogP) is 2.79. The van der Waals surface area contributed by atoms with Crippen LogP contribution < -0.4 is 10.1 Å². The van der Waals surface area contributed by atoms with E-state index < -0.39 is 0 Å². The molecule has 1 N–H and O–H groups in total.